The molecule has 1 amide bonds. The molecule has 5 heteroatoms. The zero-order valence-electron chi connectivity index (χ0n) is 16.8. The minimum Gasteiger partial charge on any atom is -0.333 e. The lowest BCUT2D eigenvalue weighted by Crippen LogP contribution is -2.41. The molecular weight excluding hydrogens is 348 g/mol. The Morgan fingerprint density at radius 2 is 1.86 bits per heavy atom. The van der Waals surface area contributed by atoms with Crippen molar-refractivity contribution in [3.63, 3.8) is 0 Å². The van der Waals surface area contributed by atoms with E-state index in [4.69, 9.17) is 0 Å². The maximum absolute atomic E-state index is 13.4. The fraction of sp³-hybridized carbons (Fsp3) is 0.565. The van der Waals surface area contributed by atoms with E-state index < -0.39 is 0 Å². The van der Waals surface area contributed by atoms with Crippen molar-refractivity contribution in [1.29, 1.82) is 0 Å². The van der Waals surface area contributed by atoms with Gasteiger partial charge in [0.05, 0.1) is 0 Å². The summed E-state index contributed by atoms with van der Waals surface area (Å²) in [5, 5.41) is 8.55. The number of nitrogens with one attached hydrogen (secondary N) is 1. The van der Waals surface area contributed by atoms with Crippen LogP contribution >= 0.6 is 0 Å². The van der Waals surface area contributed by atoms with Crippen LogP contribution in [0, 0.1) is 0 Å². The maximum atomic E-state index is 13.4. The van der Waals surface area contributed by atoms with Crippen molar-refractivity contribution in [2.45, 2.75) is 70.0 Å². The highest BCUT2D eigenvalue weighted by Crippen LogP contribution is 2.28. The molecule has 0 radical (unpaired) electrons. The zero-order valence-corrected chi connectivity index (χ0v) is 16.8. The molecule has 5 nitrogen and oxygen atoms in total. The molecule has 3 aliphatic rings. The number of benzene rings is 1. The minimum atomic E-state index is 0.105. The molecule has 2 heterocycles. The van der Waals surface area contributed by atoms with E-state index >= 15 is 0 Å². The third-order valence-electron chi connectivity index (χ3n) is 6.90. The highest BCUT2D eigenvalue weighted by atomic mass is 16.2. The standard InChI is InChI=1S/C23H30N4O/c1-26-21-11-10-19(24-18-8-4-5-9-18)14-20(21)22(25-26)23(28)27-13-12-16-6-2-3-7-17(16)15-27/h2-3,6-7,18-19,24H,4-5,8-15H2,1H3. The lowest BCUT2D eigenvalue weighted by Gasteiger charge is -2.30. The first-order chi connectivity index (χ1) is 13.7. The van der Waals surface area contributed by atoms with Gasteiger partial charge in [0.25, 0.3) is 5.91 Å². The molecule has 1 aromatic heterocycles. The van der Waals surface area contributed by atoms with Crippen molar-refractivity contribution in [1.82, 2.24) is 20.0 Å². The highest BCUT2D eigenvalue weighted by molar-refractivity contribution is 5.94. The molecule has 1 aliphatic heterocycles. The summed E-state index contributed by atoms with van der Waals surface area (Å²) >= 11 is 0. The van der Waals surface area contributed by atoms with E-state index in [1.165, 1.54) is 48.1 Å². The van der Waals surface area contributed by atoms with Crippen molar-refractivity contribution in [2.24, 2.45) is 7.05 Å². The quantitative estimate of drug-likeness (QED) is 0.893. The Labute approximate surface area is 167 Å². The number of aryl methyl sites for hydroxylation is 1. The molecule has 2 aromatic rings. The summed E-state index contributed by atoms with van der Waals surface area (Å²) in [5.41, 5.74) is 5.77. The van der Waals surface area contributed by atoms with Gasteiger partial charge in [-0.25, -0.2) is 0 Å². The Morgan fingerprint density at radius 3 is 2.68 bits per heavy atom. The van der Waals surface area contributed by atoms with E-state index in [0.717, 1.165) is 32.2 Å². The van der Waals surface area contributed by atoms with E-state index in [0.29, 0.717) is 24.3 Å². The first kappa shape index (κ1) is 17.9. The van der Waals surface area contributed by atoms with Crippen LogP contribution in [0.1, 0.15) is 65.0 Å². The molecule has 5 rings (SSSR count). The van der Waals surface area contributed by atoms with E-state index in [1.54, 1.807) is 0 Å². The average Bonchev–Trinajstić information content (AvgIpc) is 3.35. The Hall–Kier alpha value is -2.14. The average molecular weight is 379 g/mol. The number of rotatable bonds is 3. The molecule has 2 aliphatic carbocycles. The highest BCUT2D eigenvalue weighted by Gasteiger charge is 2.32. The molecule has 0 spiro atoms. The number of aromatic nitrogens is 2. The van der Waals surface area contributed by atoms with E-state index in [2.05, 4.69) is 34.7 Å². The number of carbonyl (C=O) groups excluding carboxylic acids is 1. The SMILES string of the molecule is Cn1nc(C(=O)N2CCc3ccccc3C2)c2c1CCC(NC1CCCC1)C2. The summed E-state index contributed by atoms with van der Waals surface area (Å²) in [5.74, 6) is 0.105. The van der Waals surface area contributed by atoms with Crippen molar-refractivity contribution >= 4 is 5.91 Å². The number of amides is 1. The summed E-state index contributed by atoms with van der Waals surface area (Å²) < 4.78 is 1.95. The van der Waals surface area contributed by atoms with Crippen LogP contribution in [0.2, 0.25) is 0 Å². The molecule has 0 bridgehead atoms. The van der Waals surface area contributed by atoms with Gasteiger partial charge >= 0.3 is 0 Å². The molecule has 1 atom stereocenters. The second kappa shape index (κ2) is 7.36. The Kier molecular flexibility index (Phi) is 4.71. The van der Waals surface area contributed by atoms with E-state index in [1.807, 2.05) is 16.6 Å². The lowest BCUT2D eigenvalue weighted by atomic mass is 9.90. The summed E-state index contributed by atoms with van der Waals surface area (Å²) in [6, 6.07) is 9.62. The van der Waals surface area contributed by atoms with Crippen LogP contribution in [-0.4, -0.2) is 39.2 Å². The smallest absolute Gasteiger partial charge is 0.274 e. The third-order valence-corrected chi connectivity index (χ3v) is 6.90. The van der Waals surface area contributed by atoms with Crippen LogP contribution in [0.4, 0.5) is 0 Å². The van der Waals surface area contributed by atoms with Gasteiger partial charge in [0.15, 0.2) is 5.69 Å². The van der Waals surface area contributed by atoms with Crippen LogP contribution < -0.4 is 5.32 Å². The second-order valence-electron chi connectivity index (χ2n) is 8.73. The number of carbonyl (C=O) groups is 1. The second-order valence-corrected chi connectivity index (χ2v) is 8.73. The Morgan fingerprint density at radius 1 is 1.07 bits per heavy atom. The maximum Gasteiger partial charge on any atom is 0.274 e. The van der Waals surface area contributed by atoms with Gasteiger partial charge in [-0.1, -0.05) is 37.1 Å². The van der Waals surface area contributed by atoms with Crippen LogP contribution in [0.5, 0.6) is 0 Å². The number of hydrogen-bond acceptors (Lipinski definition) is 3. The predicted octanol–water partition coefficient (Wildman–Crippen LogP) is 3.01. The molecule has 1 N–H and O–H groups in total. The van der Waals surface area contributed by atoms with Gasteiger partial charge in [-0.05, 0) is 49.7 Å². The first-order valence-electron chi connectivity index (χ1n) is 10.9. The van der Waals surface area contributed by atoms with Crippen molar-refractivity contribution in [2.75, 3.05) is 6.54 Å². The van der Waals surface area contributed by atoms with Gasteiger partial charge < -0.3 is 10.2 Å². The summed E-state index contributed by atoms with van der Waals surface area (Å²) in [4.78, 5) is 15.4. The molecule has 1 aromatic carbocycles. The molecule has 1 saturated carbocycles. The number of hydrogen-bond donors (Lipinski definition) is 1. The van der Waals surface area contributed by atoms with Crippen LogP contribution in [0.15, 0.2) is 24.3 Å². The third kappa shape index (κ3) is 3.26. The summed E-state index contributed by atoms with van der Waals surface area (Å²) in [6.07, 6.45) is 9.33. The Bertz CT molecular complexity index is 881. The molecule has 28 heavy (non-hydrogen) atoms. The van der Waals surface area contributed by atoms with Gasteiger partial charge in [-0.2, -0.15) is 5.10 Å². The number of nitrogens with zero attached hydrogens (tertiary/aromatic N) is 3. The van der Waals surface area contributed by atoms with Crippen LogP contribution in [0.3, 0.4) is 0 Å². The fourth-order valence-electron chi connectivity index (χ4n) is 5.35. The predicted molar refractivity (Wildman–Crippen MR) is 109 cm³/mol. The summed E-state index contributed by atoms with van der Waals surface area (Å²) in [6.45, 7) is 1.48. The topological polar surface area (TPSA) is 50.2 Å². The molecule has 1 unspecified atom stereocenters. The molecular formula is C23H30N4O. The summed E-state index contributed by atoms with van der Waals surface area (Å²) in [7, 11) is 1.99. The largest absolute Gasteiger partial charge is 0.333 e. The van der Waals surface area contributed by atoms with Gasteiger partial charge in [-0.3, -0.25) is 9.48 Å². The van der Waals surface area contributed by atoms with Crippen LogP contribution in [-0.2, 0) is 32.9 Å². The van der Waals surface area contributed by atoms with Gasteiger partial charge in [-0.15, -0.1) is 0 Å². The molecule has 1 fully saturated rings. The molecule has 148 valence electrons. The minimum absolute atomic E-state index is 0.105. The first-order valence-corrected chi connectivity index (χ1v) is 10.9. The van der Waals surface area contributed by atoms with E-state index in [9.17, 15) is 4.79 Å². The van der Waals surface area contributed by atoms with Crippen molar-refractivity contribution < 1.29 is 4.79 Å². The monoisotopic (exact) mass is 378 g/mol. The lowest BCUT2D eigenvalue weighted by molar-refractivity contribution is 0.0726. The zero-order chi connectivity index (χ0) is 19.1. The van der Waals surface area contributed by atoms with E-state index in [-0.39, 0.29) is 5.91 Å². The van der Waals surface area contributed by atoms with Crippen molar-refractivity contribution in [3.8, 4) is 0 Å². The van der Waals surface area contributed by atoms with Crippen molar-refractivity contribution in [3.05, 3.63) is 52.3 Å². The normalized spacial score (nSPS) is 22.2. The molecule has 0 saturated heterocycles. The Balaban J connectivity index is 1.35. The van der Waals surface area contributed by atoms with Gasteiger partial charge in [0, 0.05) is 43.5 Å². The van der Waals surface area contributed by atoms with Gasteiger partial charge in [0.1, 0.15) is 0 Å². The number of fused-ring (bicyclic) bond motifs is 2. The van der Waals surface area contributed by atoms with Gasteiger partial charge in [0.2, 0.25) is 0 Å². The fourth-order valence-corrected chi connectivity index (χ4v) is 5.35. The van der Waals surface area contributed by atoms with Crippen LogP contribution in [0.25, 0.3) is 0 Å².